The Bertz CT molecular complexity index is 327. The summed E-state index contributed by atoms with van der Waals surface area (Å²) in [6.07, 6.45) is 5.23. The van der Waals surface area contributed by atoms with Gasteiger partial charge in [-0.3, -0.25) is 4.79 Å². The van der Waals surface area contributed by atoms with E-state index in [2.05, 4.69) is 19.4 Å². The van der Waals surface area contributed by atoms with E-state index in [0.29, 0.717) is 11.1 Å². The molecule has 0 saturated carbocycles. The normalized spacial score (nSPS) is 10.0. The Morgan fingerprint density at radius 1 is 1.08 bits per heavy atom. The molecule has 0 aliphatic rings. The number of carbonyl (C=O) groups excluding carboxylic acids is 1. The van der Waals surface area contributed by atoms with Crippen LogP contribution < -0.4 is 0 Å². The summed E-state index contributed by atoms with van der Waals surface area (Å²) in [6.45, 7) is 0. The van der Waals surface area contributed by atoms with E-state index in [-0.39, 0.29) is 5.78 Å². The van der Waals surface area contributed by atoms with Crippen LogP contribution in [0.15, 0.2) is 34.0 Å². The molecule has 2 rings (SSSR count). The highest BCUT2D eigenvalue weighted by Crippen LogP contribution is 2.06. The zero-order valence-electron chi connectivity index (χ0n) is 5.93. The predicted octanol–water partition coefficient (Wildman–Crippen LogP) is 0.894. The highest BCUT2D eigenvalue weighted by atomic mass is 16.5. The zero-order chi connectivity index (χ0) is 8.39. The lowest BCUT2D eigenvalue weighted by atomic mass is 10.1. The van der Waals surface area contributed by atoms with Gasteiger partial charge in [-0.2, -0.15) is 0 Å². The summed E-state index contributed by atoms with van der Waals surface area (Å²) < 4.78 is 9.02. The second-order valence-corrected chi connectivity index (χ2v) is 2.16. The summed E-state index contributed by atoms with van der Waals surface area (Å²) in [5, 5.41) is 6.81. The second-order valence-electron chi connectivity index (χ2n) is 2.16. The first-order valence-corrected chi connectivity index (χ1v) is 3.21. The second kappa shape index (κ2) is 2.61. The van der Waals surface area contributed by atoms with Crippen LogP contribution in [0.1, 0.15) is 15.9 Å². The average molecular weight is 164 g/mol. The molecule has 5 heteroatoms. The first-order valence-electron chi connectivity index (χ1n) is 3.21. The summed E-state index contributed by atoms with van der Waals surface area (Å²) in [6, 6.07) is 0. The van der Waals surface area contributed by atoms with Crippen molar-refractivity contribution in [1.29, 1.82) is 0 Å². The van der Waals surface area contributed by atoms with E-state index in [1.165, 1.54) is 24.9 Å². The Labute approximate surface area is 66.9 Å². The van der Waals surface area contributed by atoms with E-state index in [9.17, 15) is 4.79 Å². The van der Waals surface area contributed by atoms with E-state index >= 15 is 0 Å². The zero-order valence-corrected chi connectivity index (χ0v) is 5.93. The van der Waals surface area contributed by atoms with Crippen molar-refractivity contribution in [2.24, 2.45) is 0 Å². The molecule has 0 fully saturated rings. The van der Waals surface area contributed by atoms with Gasteiger partial charge in [0.05, 0.1) is 23.5 Å². The van der Waals surface area contributed by atoms with Crippen LogP contribution >= 0.6 is 0 Å². The van der Waals surface area contributed by atoms with Gasteiger partial charge in [-0.05, 0) is 0 Å². The standard InChI is InChI=1S/C7H4N2O3/c10-7(5-1-8-11-3-5)6-2-9-12-4-6/h1-4H. The molecule has 12 heavy (non-hydrogen) atoms. The smallest absolute Gasteiger partial charge is 0.202 e. The fraction of sp³-hybridized carbons (Fsp3) is 0. The van der Waals surface area contributed by atoms with Crippen molar-refractivity contribution >= 4 is 5.78 Å². The summed E-state index contributed by atoms with van der Waals surface area (Å²) in [5.74, 6) is -0.211. The van der Waals surface area contributed by atoms with Crippen LogP contribution in [0.25, 0.3) is 0 Å². The van der Waals surface area contributed by atoms with Gasteiger partial charge in [-0.15, -0.1) is 0 Å². The van der Waals surface area contributed by atoms with Gasteiger partial charge in [0, 0.05) is 0 Å². The van der Waals surface area contributed by atoms with E-state index in [1.807, 2.05) is 0 Å². The van der Waals surface area contributed by atoms with Gasteiger partial charge in [0.2, 0.25) is 5.78 Å². The van der Waals surface area contributed by atoms with Crippen LogP contribution in [0.2, 0.25) is 0 Å². The van der Waals surface area contributed by atoms with Crippen molar-refractivity contribution in [1.82, 2.24) is 10.3 Å². The maximum absolute atomic E-state index is 11.4. The number of aromatic nitrogens is 2. The molecule has 0 saturated heterocycles. The van der Waals surface area contributed by atoms with E-state index < -0.39 is 0 Å². The molecule has 5 nitrogen and oxygen atoms in total. The van der Waals surface area contributed by atoms with Crippen LogP contribution in [0.3, 0.4) is 0 Å². The lowest BCUT2D eigenvalue weighted by Gasteiger charge is -1.86. The Morgan fingerprint density at radius 2 is 1.58 bits per heavy atom. The van der Waals surface area contributed by atoms with E-state index in [1.54, 1.807) is 0 Å². The fourth-order valence-electron chi connectivity index (χ4n) is 0.801. The predicted molar refractivity (Wildman–Crippen MR) is 36.4 cm³/mol. The highest BCUT2D eigenvalue weighted by Gasteiger charge is 2.12. The average Bonchev–Trinajstić information content (AvgIpc) is 2.77. The third-order valence-corrected chi connectivity index (χ3v) is 1.39. The van der Waals surface area contributed by atoms with Gasteiger partial charge in [-0.1, -0.05) is 10.3 Å². The third kappa shape index (κ3) is 1.01. The lowest BCUT2D eigenvalue weighted by Crippen LogP contribution is -1.96. The summed E-state index contributed by atoms with van der Waals surface area (Å²) >= 11 is 0. The minimum Gasteiger partial charge on any atom is -0.364 e. The van der Waals surface area contributed by atoms with Crippen LogP contribution in [0.4, 0.5) is 0 Å². The number of carbonyl (C=O) groups is 1. The minimum atomic E-state index is -0.211. The Balaban J connectivity index is 2.34. The molecule has 60 valence electrons. The van der Waals surface area contributed by atoms with Crippen LogP contribution in [-0.4, -0.2) is 16.1 Å². The van der Waals surface area contributed by atoms with Crippen molar-refractivity contribution in [2.45, 2.75) is 0 Å². The Hall–Kier alpha value is -1.91. The monoisotopic (exact) mass is 164 g/mol. The van der Waals surface area contributed by atoms with Crippen LogP contribution in [0, 0.1) is 0 Å². The molecule has 0 aromatic carbocycles. The summed E-state index contributed by atoms with van der Waals surface area (Å²) in [5.41, 5.74) is 0.774. The molecule has 2 aromatic heterocycles. The lowest BCUT2D eigenvalue weighted by molar-refractivity contribution is 0.103. The third-order valence-electron chi connectivity index (χ3n) is 1.39. The van der Waals surface area contributed by atoms with Crippen molar-refractivity contribution in [3.8, 4) is 0 Å². The van der Waals surface area contributed by atoms with Crippen molar-refractivity contribution in [3.63, 3.8) is 0 Å². The fourth-order valence-corrected chi connectivity index (χ4v) is 0.801. The molecule has 0 aliphatic carbocycles. The first-order chi connectivity index (χ1) is 5.88. The molecule has 0 bridgehead atoms. The van der Waals surface area contributed by atoms with Crippen molar-refractivity contribution in [2.75, 3.05) is 0 Å². The molecule has 0 unspecified atom stereocenters. The topological polar surface area (TPSA) is 69.1 Å². The molecule has 0 radical (unpaired) electrons. The maximum atomic E-state index is 11.4. The SMILES string of the molecule is O=C(c1cnoc1)c1cnoc1. The van der Waals surface area contributed by atoms with Crippen LogP contribution in [0.5, 0.6) is 0 Å². The van der Waals surface area contributed by atoms with Crippen molar-refractivity contribution < 1.29 is 13.8 Å². The van der Waals surface area contributed by atoms with Crippen molar-refractivity contribution in [3.05, 3.63) is 36.0 Å². The highest BCUT2D eigenvalue weighted by molar-refractivity contribution is 6.08. The molecule has 0 atom stereocenters. The maximum Gasteiger partial charge on any atom is 0.202 e. The van der Waals surface area contributed by atoms with Gasteiger partial charge >= 0.3 is 0 Å². The molecule has 2 heterocycles. The van der Waals surface area contributed by atoms with Crippen LogP contribution in [-0.2, 0) is 0 Å². The number of ketones is 1. The number of hydrogen-bond acceptors (Lipinski definition) is 5. The molecular formula is C7H4N2O3. The summed E-state index contributed by atoms with van der Waals surface area (Å²) in [7, 11) is 0. The van der Waals surface area contributed by atoms with Gasteiger partial charge in [-0.25, -0.2) is 0 Å². The van der Waals surface area contributed by atoms with Gasteiger partial charge < -0.3 is 9.05 Å². The van der Waals surface area contributed by atoms with E-state index in [4.69, 9.17) is 0 Å². The molecular weight excluding hydrogens is 160 g/mol. The Kier molecular flexibility index (Phi) is 1.48. The number of rotatable bonds is 2. The molecule has 0 N–H and O–H groups in total. The summed E-state index contributed by atoms with van der Waals surface area (Å²) in [4.78, 5) is 11.4. The quantitative estimate of drug-likeness (QED) is 0.616. The number of nitrogens with zero attached hydrogens (tertiary/aromatic N) is 2. The van der Waals surface area contributed by atoms with Gasteiger partial charge in [0.1, 0.15) is 12.5 Å². The minimum absolute atomic E-state index is 0.211. The van der Waals surface area contributed by atoms with Gasteiger partial charge in [0.25, 0.3) is 0 Å². The van der Waals surface area contributed by atoms with Gasteiger partial charge in [0.15, 0.2) is 0 Å². The molecule has 0 amide bonds. The molecule has 0 aliphatic heterocycles. The number of hydrogen-bond donors (Lipinski definition) is 0. The largest absolute Gasteiger partial charge is 0.364 e. The molecule has 2 aromatic rings. The van der Waals surface area contributed by atoms with E-state index in [0.717, 1.165) is 0 Å². The Morgan fingerprint density at radius 3 is 1.92 bits per heavy atom. The molecule has 0 spiro atoms. The first kappa shape index (κ1) is 6.78.